The fourth-order valence-corrected chi connectivity index (χ4v) is 2.98. The van der Waals surface area contributed by atoms with Crippen LogP contribution < -0.4 is 4.74 Å². The van der Waals surface area contributed by atoms with E-state index < -0.39 is 0 Å². The molecule has 3 rings (SSSR count). The smallest absolute Gasteiger partial charge is 0.464 e. The lowest BCUT2D eigenvalue weighted by Crippen LogP contribution is -2.11. The maximum atomic E-state index is 12.9. The number of methoxy groups -OCH3 is 1. The van der Waals surface area contributed by atoms with E-state index in [0.29, 0.717) is 53.1 Å². The molecule has 0 saturated heterocycles. The molecule has 0 N–H and O–H groups in total. The van der Waals surface area contributed by atoms with Crippen LogP contribution in [0.25, 0.3) is 0 Å². The summed E-state index contributed by atoms with van der Waals surface area (Å²) in [6.07, 6.45) is 3.49. The Balaban J connectivity index is 1.93. The Hall–Kier alpha value is -2.12. The van der Waals surface area contributed by atoms with Crippen LogP contribution in [0, 0.1) is 0 Å². The van der Waals surface area contributed by atoms with Crippen molar-refractivity contribution < 1.29 is 23.0 Å². The normalized spacial score (nSPS) is 13.7. The topological polar surface area (TPSA) is 78.6 Å². The van der Waals surface area contributed by atoms with E-state index in [2.05, 4.69) is 5.16 Å². The molecule has 24 heavy (non-hydrogen) atoms. The van der Waals surface area contributed by atoms with E-state index >= 15 is 0 Å². The summed E-state index contributed by atoms with van der Waals surface area (Å²) in [4.78, 5) is 12.9. The molecule has 1 aromatic carbocycles. The van der Waals surface area contributed by atoms with Crippen LogP contribution in [-0.2, 0) is 26.4 Å². The van der Waals surface area contributed by atoms with Crippen molar-refractivity contribution in [1.82, 2.24) is 5.16 Å². The third kappa shape index (κ3) is 3.52. The minimum atomic E-state index is -0.181. The van der Waals surface area contributed by atoms with Gasteiger partial charge in [-0.1, -0.05) is 17.3 Å². The summed E-state index contributed by atoms with van der Waals surface area (Å²) in [5.74, 6) is 1.43. The van der Waals surface area contributed by atoms with Crippen molar-refractivity contribution >= 4 is 17.4 Å². The highest BCUT2D eigenvalue weighted by molar-refractivity contribution is 7.64. The first-order valence-electron chi connectivity index (χ1n) is 7.74. The van der Waals surface area contributed by atoms with E-state index in [9.17, 15) is 9.00 Å². The number of ketones is 1. The molecular formula is C17H18NO5S+. The van der Waals surface area contributed by atoms with Gasteiger partial charge in [0.2, 0.25) is 0 Å². The van der Waals surface area contributed by atoms with Gasteiger partial charge in [-0.15, -0.1) is 0 Å². The molecule has 1 heterocycles. The maximum Gasteiger partial charge on any atom is 0.464 e. The Kier molecular flexibility index (Phi) is 5.32. The van der Waals surface area contributed by atoms with Crippen molar-refractivity contribution in [2.75, 3.05) is 20.3 Å². The Morgan fingerprint density at radius 1 is 1.33 bits per heavy atom. The molecule has 1 aliphatic rings. The number of benzene rings is 1. The summed E-state index contributed by atoms with van der Waals surface area (Å²) in [5.41, 5.74) is 1.53. The molecule has 0 radical (unpaired) electrons. The summed E-state index contributed by atoms with van der Waals surface area (Å²) in [6, 6.07) is 5.22. The summed E-state index contributed by atoms with van der Waals surface area (Å²) < 4.78 is 27.0. The molecule has 0 aliphatic heterocycles. The number of rotatable bonds is 9. The molecule has 0 amide bonds. The summed E-state index contributed by atoms with van der Waals surface area (Å²) in [7, 11) is 1.59. The lowest BCUT2D eigenvalue weighted by atomic mass is 9.98. The molecule has 6 nitrogen and oxygen atoms in total. The number of aromatic nitrogens is 1. The molecule has 0 bridgehead atoms. The Morgan fingerprint density at radius 3 is 2.88 bits per heavy atom. The number of ether oxygens (including phenoxy) is 2. The van der Waals surface area contributed by atoms with E-state index in [4.69, 9.17) is 14.0 Å². The Labute approximate surface area is 143 Å². The van der Waals surface area contributed by atoms with Gasteiger partial charge >= 0.3 is 11.7 Å². The predicted molar refractivity (Wildman–Crippen MR) is 87.5 cm³/mol. The highest BCUT2D eigenvalue weighted by Gasteiger charge is 2.33. The molecule has 1 saturated carbocycles. The van der Waals surface area contributed by atoms with Gasteiger partial charge in [0.15, 0.2) is 11.5 Å². The van der Waals surface area contributed by atoms with Crippen LogP contribution in [0.3, 0.4) is 0 Å². The number of carbonyl (C=O) groups excluding carboxylic acids is 1. The van der Waals surface area contributed by atoms with Crippen molar-refractivity contribution in [2.45, 2.75) is 24.5 Å². The highest BCUT2D eigenvalue weighted by Crippen LogP contribution is 2.42. The zero-order valence-corrected chi connectivity index (χ0v) is 14.1. The zero-order chi connectivity index (χ0) is 16.9. The lowest BCUT2D eigenvalue weighted by molar-refractivity contribution is 0.103. The quantitative estimate of drug-likeness (QED) is 0.394. The average Bonchev–Trinajstić information content (AvgIpc) is 3.32. The largest absolute Gasteiger partial charge is 0.491 e. The highest BCUT2D eigenvalue weighted by atomic mass is 32.1. The second-order valence-electron chi connectivity index (χ2n) is 5.59. The second kappa shape index (κ2) is 7.63. The van der Waals surface area contributed by atoms with Gasteiger partial charge in [-0.2, -0.15) is 0 Å². The van der Waals surface area contributed by atoms with E-state index in [0.717, 1.165) is 12.8 Å². The zero-order valence-electron chi connectivity index (χ0n) is 13.3. The number of hydrogen-bond acceptors (Lipinski definition) is 6. The maximum absolute atomic E-state index is 12.9. The van der Waals surface area contributed by atoms with Crippen LogP contribution in [0.1, 0.15) is 46.0 Å². The molecule has 1 aliphatic carbocycles. The van der Waals surface area contributed by atoms with Crippen LogP contribution in [0.15, 0.2) is 28.9 Å². The van der Waals surface area contributed by atoms with Gasteiger partial charge in [-0.25, -0.2) is 0 Å². The molecule has 126 valence electrons. The number of nitrogens with zero attached hydrogens (tertiary/aromatic N) is 1. The molecule has 0 spiro atoms. The van der Waals surface area contributed by atoms with Crippen LogP contribution >= 0.6 is 0 Å². The second-order valence-corrected chi connectivity index (χ2v) is 6.12. The first-order chi connectivity index (χ1) is 11.8. The van der Waals surface area contributed by atoms with Gasteiger partial charge in [0, 0.05) is 22.8 Å². The number of hydrogen-bond donors (Lipinski definition) is 0. The van der Waals surface area contributed by atoms with Crippen LogP contribution in [-0.4, -0.2) is 31.3 Å². The standard InChI is InChI=1S/C17H18NO5S/c1-21-7-8-22-15-4-2-3-12(14(15)10-24-20)16(19)13-9-18-23-17(13)11-5-6-11/h2-4,9,11H,5-8,10H2,1H3/q+1. The number of carbonyl (C=O) groups is 1. The molecule has 0 unspecified atom stereocenters. The molecule has 2 aromatic rings. The van der Waals surface area contributed by atoms with Gasteiger partial charge in [0.05, 0.1) is 23.9 Å². The van der Waals surface area contributed by atoms with Gasteiger partial charge in [0.25, 0.3) is 5.75 Å². The molecule has 1 fully saturated rings. The summed E-state index contributed by atoms with van der Waals surface area (Å²) >= 11 is 0.407. The van der Waals surface area contributed by atoms with Crippen molar-refractivity contribution in [1.29, 1.82) is 0 Å². The van der Waals surface area contributed by atoms with Crippen molar-refractivity contribution in [2.24, 2.45) is 0 Å². The first-order valence-corrected chi connectivity index (χ1v) is 8.65. The fourth-order valence-electron chi connectivity index (χ4n) is 2.56. The van der Waals surface area contributed by atoms with Crippen LogP contribution in [0.2, 0.25) is 0 Å². The molecular weight excluding hydrogens is 330 g/mol. The van der Waals surface area contributed by atoms with Gasteiger partial charge < -0.3 is 14.0 Å². The Morgan fingerprint density at radius 2 is 2.17 bits per heavy atom. The molecule has 0 atom stereocenters. The summed E-state index contributed by atoms with van der Waals surface area (Å²) in [5, 5.41) is 3.78. The third-order valence-corrected chi connectivity index (χ3v) is 4.32. The van der Waals surface area contributed by atoms with Crippen molar-refractivity contribution in [3.05, 3.63) is 46.8 Å². The fraction of sp³-hybridized carbons (Fsp3) is 0.412. The van der Waals surface area contributed by atoms with Gasteiger partial charge in [-0.05, 0) is 18.9 Å². The SMILES string of the molecule is COCCOc1cccc(C(=O)c2cnoc2C2CC2)c1C[S+]=O. The van der Waals surface area contributed by atoms with Crippen LogP contribution in [0.4, 0.5) is 0 Å². The minimum Gasteiger partial charge on any atom is -0.491 e. The van der Waals surface area contributed by atoms with Crippen molar-refractivity contribution in [3.8, 4) is 5.75 Å². The predicted octanol–water partition coefficient (Wildman–Crippen LogP) is 2.74. The first kappa shape index (κ1) is 16.7. The average molecular weight is 348 g/mol. The van der Waals surface area contributed by atoms with Gasteiger partial charge in [-0.3, -0.25) is 4.79 Å². The van der Waals surface area contributed by atoms with E-state index in [-0.39, 0.29) is 17.5 Å². The van der Waals surface area contributed by atoms with E-state index in [1.54, 1.807) is 25.3 Å². The molecule has 7 heteroatoms. The Bertz CT molecular complexity index is 738. The van der Waals surface area contributed by atoms with E-state index in [1.807, 2.05) is 0 Å². The monoisotopic (exact) mass is 348 g/mol. The minimum absolute atomic E-state index is 0.147. The van der Waals surface area contributed by atoms with Gasteiger partial charge in [0.1, 0.15) is 12.4 Å². The van der Waals surface area contributed by atoms with E-state index in [1.165, 1.54) is 6.20 Å². The molecule has 1 aromatic heterocycles. The lowest BCUT2D eigenvalue weighted by Gasteiger charge is -2.11. The van der Waals surface area contributed by atoms with Crippen LogP contribution in [0.5, 0.6) is 5.75 Å². The third-order valence-electron chi connectivity index (χ3n) is 3.92. The summed E-state index contributed by atoms with van der Waals surface area (Å²) in [6.45, 7) is 0.783. The van der Waals surface area contributed by atoms with Crippen molar-refractivity contribution in [3.63, 3.8) is 0 Å².